The molecule has 0 saturated carbocycles. The van der Waals surface area contributed by atoms with Crippen LogP contribution in [0.5, 0.6) is 0 Å². The van der Waals surface area contributed by atoms with Crippen LogP contribution in [0, 0.1) is 0 Å². The number of hydrogen-bond acceptors (Lipinski definition) is 1. The molecule has 1 N–H and O–H groups in total. The fourth-order valence-electron chi connectivity index (χ4n) is 0.729. The largest absolute Gasteiger partial charge is 0.508 e. The Morgan fingerprint density at radius 3 is 2.33 bits per heavy atom. The van der Waals surface area contributed by atoms with Crippen molar-refractivity contribution in [2.24, 2.45) is 0 Å². The highest BCUT2D eigenvalue weighted by atomic mass is 16.3. The molecule has 0 aromatic carbocycles. The maximum Gasteiger partial charge on any atom is 0.118 e. The third kappa shape index (κ3) is 3.62. The molecule has 0 unspecified atom stereocenters. The summed E-state index contributed by atoms with van der Waals surface area (Å²) in [5.74, 6) is 0.188. The van der Waals surface area contributed by atoms with Gasteiger partial charge in [0, 0.05) is 0 Å². The minimum Gasteiger partial charge on any atom is -0.508 e. The predicted octanol–water partition coefficient (Wildman–Crippen LogP) is 3.30. The Hall–Kier alpha value is -1.50. The quantitative estimate of drug-likeness (QED) is 0.373. The van der Waals surface area contributed by atoms with Gasteiger partial charge >= 0.3 is 0 Å². The molecule has 12 heavy (non-hydrogen) atoms. The van der Waals surface area contributed by atoms with Crippen molar-refractivity contribution >= 4 is 0 Å². The molecule has 0 aliphatic heterocycles. The monoisotopic (exact) mass is 162 g/mol. The van der Waals surface area contributed by atoms with Crippen LogP contribution in [-0.2, 0) is 0 Å². The van der Waals surface area contributed by atoms with E-state index < -0.39 is 0 Å². The highest BCUT2D eigenvalue weighted by Crippen LogP contribution is 2.09. The summed E-state index contributed by atoms with van der Waals surface area (Å²) in [6.45, 7) is 10.6. The van der Waals surface area contributed by atoms with E-state index in [1.54, 1.807) is 24.3 Å². The van der Waals surface area contributed by atoms with Crippen LogP contribution in [0.1, 0.15) is 6.42 Å². The third-order valence-corrected chi connectivity index (χ3v) is 1.32. The van der Waals surface area contributed by atoms with Crippen LogP contribution in [0.15, 0.2) is 61.4 Å². The van der Waals surface area contributed by atoms with Crippen LogP contribution in [0.25, 0.3) is 0 Å². The van der Waals surface area contributed by atoms with Gasteiger partial charge in [0.25, 0.3) is 0 Å². The van der Waals surface area contributed by atoms with E-state index in [2.05, 4.69) is 19.7 Å². The van der Waals surface area contributed by atoms with E-state index in [9.17, 15) is 5.11 Å². The average Bonchev–Trinajstić information content (AvgIpc) is 2.11. The number of rotatable bonds is 5. The first-order valence-corrected chi connectivity index (χ1v) is 3.70. The second-order valence-electron chi connectivity index (χ2n) is 2.20. The summed E-state index contributed by atoms with van der Waals surface area (Å²) in [7, 11) is 0. The van der Waals surface area contributed by atoms with Gasteiger partial charge in [0.2, 0.25) is 0 Å². The number of aliphatic hydroxyl groups is 1. The molecule has 0 aromatic rings. The van der Waals surface area contributed by atoms with Gasteiger partial charge in [0.05, 0.1) is 0 Å². The van der Waals surface area contributed by atoms with Gasteiger partial charge in [-0.1, -0.05) is 37.5 Å². The zero-order valence-corrected chi connectivity index (χ0v) is 7.16. The third-order valence-electron chi connectivity index (χ3n) is 1.32. The standard InChI is InChI=1S/C11H14O/c1-4-7-9-10(8-5-2)11(12)6-3/h4-7,9,12H,1-3,8H2/b9-7-,11-10+. The first kappa shape index (κ1) is 10.5. The van der Waals surface area contributed by atoms with Crippen molar-refractivity contribution in [3.8, 4) is 0 Å². The van der Waals surface area contributed by atoms with Crippen molar-refractivity contribution in [3.05, 3.63) is 61.4 Å². The van der Waals surface area contributed by atoms with Crippen LogP contribution >= 0.6 is 0 Å². The Morgan fingerprint density at radius 1 is 1.25 bits per heavy atom. The van der Waals surface area contributed by atoms with Gasteiger partial charge < -0.3 is 5.11 Å². The first-order chi connectivity index (χ1) is 5.76. The molecule has 1 heteroatoms. The molecule has 0 rings (SSSR count). The molecule has 64 valence electrons. The normalized spacial score (nSPS) is 12.3. The fourth-order valence-corrected chi connectivity index (χ4v) is 0.729. The molecule has 0 aliphatic rings. The molecule has 1 nitrogen and oxygen atoms in total. The van der Waals surface area contributed by atoms with Gasteiger partial charge in [-0.15, -0.1) is 6.58 Å². The summed E-state index contributed by atoms with van der Waals surface area (Å²) in [4.78, 5) is 0. The first-order valence-electron chi connectivity index (χ1n) is 3.70. The molecule has 0 aromatic heterocycles. The van der Waals surface area contributed by atoms with E-state index in [0.717, 1.165) is 5.57 Å². The smallest absolute Gasteiger partial charge is 0.118 e. The molecule has 0 bridgehead atoms. The van der Waals surface area contributed by atoms with Crippen LogP contribution < -0.4 is 0 Å². The second kappa shape index (κ2) is 6.23. The van der Waals surface area contributed by atoms with Crippen molar-refractivity contribution in [1.29, 1.82) is 0 Å². The Labute approximate surface area is 73.7 Å². The molecule has 0 fully saturated rings. The van der Waals surface area contributed by atoms with Crippen LogP contribution in [0.3, 0.4) is 0 Å². The highest BCUT2D eigenvalue weighted by Gasteiger charge is 1.94. The fraction of sp³-hybridized carbons (Fsp3) is 0.0909. The summed E-state index contributed by atoms with van der Waals surface area (Å²) in [6.07, 6.45) is 8.96. The van der Waals surface area contributed by atoms with E-state index in [1.165, 1.54) is 6.08 Å². The van der Waals surface area contributed by atoms with Crippen LogP contribution in [0.4, 0.5) is 0 Å². The lowest BCUT2D eigenvalue weighted by Gasteiger charge is -1.98. The molecule has 0 spiro atoms. The SMILES string of the molecule is C=C/C=C\C(CC=C)=C(\O)C=C. The summed E-state index contributed by atoms with van der Waals surface area (Å²) < 4.78 is 0. The molecule has 0 saturated heterocycles. The van der Waals surface area contributed by atoms with Gasteiger partial charge in [0.1, 0.15) is 5.76 Å². The molecule has 0 heterocycles. The minimum atomic E-state index is 0.188. The molecular weight excluding hydrogens is 148 g/mol. The Morgan fingerprint density at radius 2 is 1.92 bits per heavy atom. The summed E-state index contributed by atoms with van der Waals surface area (Å²) in [5.41, 5.74) is 0.792. The Bertz CT molecular complexity index is 231. The Balaban J connectivity index is 4.62. The summed E-state index contributed by atoms with van der Waals surface area (Å²) in [5, 5.41) is 9.30. The predicted molar refractivity (Wildman–Crippen MR) is 54.0 cm³/mol. The van der Waals surface area contributed by atoms with E-state index in [0.29, 0.717) is 6.42 Å². The number of hydrogen-bond donors (Lipinski definition) is 1. The zero-order valence-electron chi connectivity index (χ0n) is 7.16. The molecular formula is C11H14O. The van der Waals surface area contributed by atoms with Crippen LogP contribution in [0.2, 0.25) is 0 Å². The number of allylic oxidation sites excluding steroid dienone is 6. The van der Waals surface area contributed by atoms with Gasteiger partial charge in [-0.05, 0) is 18.1 Å². The topological polar surface area (TPSA) is 20.2 Å². The van der Waals surface area contributed by atoms with Crippen molar-refractivity contribution < 1.29 is 5.11 Å². The van der Waals surface area contributed by atoms with Crippen molar-refractivity contribution in [2.45, 2.75) is 6.42 Å². The van der Waals surface area contributed by atoms with Gasteiger partial charge in [0.15, 0.2) is 0 Å². The Kier molecular flexibility index (Phi) is 5.45. The van der Waals surface area contributed by atoms with Crippen LogP contribution in [-0.4, -0.2) is 5.11 Å². The summed E-state index contributed by atoms with van der Waals surface area (Å²) in [6, 6.07) is 0. The summed E-state index contributed by atoms with van der Waals surface area (Å²) >= 11 is 0. The molecule has 0 amide bonds. The number of aliphatic hydroxyl groups excluding tert-OH is 1. The van der Waals surface area contributed by atoms with Crippen molar-refractivity contribution in [2.75, 3.05) is 0 Å². The van der Waals surface area contributed by atoms with Gasteiger partial charge in [-0.3, -0.25) is 0 Å². The van der Waals surface area contributed by atoms with Crippen molar-refractivity contribution in [3.63, 3.8) is 0 Å². The molecule has 0 aliphatic carbocycles. The average molecular weight is 162 g/mol. The lowest BCUT2D eigenvalue weighted by molar-refractivity contribution is 0.426. The van der Waals surface area contributed by atoms with Gasteiger partial charge in [-0.2, -0.15) is 0 Å². The van der Waals surface area contributed by atoms with Crippen molar-refractivity contribution in [1.82, 2.24) is 0 Å². The van der Waals surface area contributed by atoms with Gasteiger partial charge in [-0.25, -0.2) is 0 Å². The lowest BCUT2D eigenvalue weighted by atomic mass is 10.1. The maximum absolute atomic E-state index is 9.30. The molecule has 0 radical (unpaired) electrons. The second-order valence-corrected chi connectivity index (χ2v) is 2.20. The molecule has 0 atom stereocenters. The van der Waals surface area contributed by atoms with E-state index in [1.807, 2.05) is 0 Å². The van der Waals surface area contributed by atoms with E-state index in [4.69, 9.17) is 0 Å². The maximum atomic E-state index is 9.30. The van der Waals surface area contributed by atoms with E-state index >= 15 is 0 Å². The minimum absolute atomic E-state index is 0.188. The highest BCUT2D eigenvalue weighted by molar-refractivity contribution is 5.30. The zero-order chi connectivity index (χ0) is 9.40. The lowest BCUT2D eigenvalue weighted by Crippen LogP contribution is -1.83. The van der Waals surface area contributed by atoms with E-state index in [-0.39, 0.29) is 5.76 Å².